The minimum atomic E-state index is 0.500. The molecule has 0 saturated heterocycles. The van der Waals surface area contributed by atoms with Crippen molar-refractivity contribution in [3.05, 3.63) is 97.1 Å². The normalized spacial score (nSPS) is 11.3. The van der Waals surface area contributed by atoms with Gasteiger partial charge in [-0.15, -0.1) is 11.3 Å². The number of hydrogen-bond acceptors (Lipinski definition) is 2. The highest BCUT2D eigenvalue weighted by molar-refractivity contribution is 7.25. The Morgan fingerprint density at radius 3 is 1.06 bits per heavy atom. The van der Waals surface area contributed by atoms with Gasteiger partial charge in [-0.05, 0) is 35.1 Å². The Balaban J connectivity index is 0.000000148. The average molecular weight is 497 g/mol. The fourth-order valence-electron chi connectivity index (χ4n) is 3.35. The van der Waals surface area contributed by atoms with Crippen LogP contribution in [0.1, 0.15) is 55.4 Å². The van der Waals surface area contributed by atoms with E-state index in [2.05, 4.69) is 116 Å². The molecular weight excluding hydrogens is 456 g/mol. The standard InChI is InChI=1S/C12H8O.C12H8S.2C5H12/c2*1-3-7-11-9(5-1)10-6-2-4-8-12(10)13-11;2*1-5(2,3)4/h2*1-8H;2*1-4H3. The molecule has 0 fully saturated rings. The van der Waals surface area contributed by atoms with Crippen molar-refractivity contribution < 1.29 is 4.42 Å². The smallest absolute Gasteiger partial charge is 0.135 e. The van der Waals surface area contributed by atoms with Gasteiger partial charge in [0.25, 0.3) is 0 Å². The van der Waals surface area contributed by atoms with Gasteiger partial charge in [-0.3, -0.25) is 0 Å². The molecule has 0 aliphatic carbocycles. The van der Waals surface area contributed by atoms with Gasteiger partial charge in [-0.25, -0.2) is 0 Å². The summed E-state index contributed by atoms with van der Waals surface area (Å²) in [6.45, 7) is 17.5. The number of thiophene rings is 1. The van der Waals surface area contributed by atoms with Crippen LogP contribution in [0.4, 0.5) is 0 Å². The zero-order valence-corrected chi connectivity index (χ0v) is 23.9. The molecule has 0 N–H and O–H groups in total. The zero-order chi connectivity index (χ0) is 26.3. The van der Waals surface area contributed by atoms with Crippen LogP contribution in [0.5, 0.6) is 0 Å². The first-order chi connectivity index (χ1) is 16.9. The molecule has 0 bridgehead atoms. The third-order valence-electron chi connectivity index (χ3n) is 4.57. The Bertz CT molecular complexity index is 1290. The van der Waals surface area contributed by atoms with Crippen molar-refractivity contribution in [2.45, 2.75) is 55.4 Å². The molecule has 0 aliphatic heterocycles. The Kier molecular flexibility index (Phi) is 8.98. The summed E-state index contributed by atoms with van der Waals surface area (Å²) < 4.78 is 8.41. The lowest BCUT2D eigenvalue weighted by Crippen LogP contribution is -1.93. The van der Waals surface area contributed by atoms with Crippen molar-refractivity contribution in [1.82, 2.24) is 0 Å². The molecule has 1 nitrogen and oxygen atoms in total. The fraction of sp³-hybridized carbons (Fsp3) is 0.294. The van der Waals surface area contributed by atoms with Crippen LogP contribution in [0.2, 0.25) is 0 Å². The molecule has 0 aliphatic rings. The van der Waals surface area contributed by atoms with Gasteiger partial charge < -0.3 is 4.42 Å². The monoisotopic (exact) mass is 496 g/mol. The third kappa shape index (κ3) is 8.53. The maximum absolute atomic E-state index is 5.65. The van der Waals surface area contributed by atoms with E-state index in [0.29, 0.717) is 10.8 Å². The first-order valence-electron chi connectivity index (χ1n) is 12.6. The molecule has 0 saturated carbocycles. The molecule has 0 amide bonds. The van der Waals surface area contributed by atoms with E-state index < -0.39 is 0 Å². The van der Waals surface area contributed by atoms with Crippen LogP contribution in [0.15, 0.2) is 101 Å². The highest BCUT2D eigenvalue weighted by atomic mass is 32.1. The van der Waals surface area contributed by atoms with E-state index in [0.717, 1.165) is 11.2 Å². The molecule has 0 atom stereocenters. The molecule has 188 valence electrons. The predicted octanol–water partition coefficient (Wildman–Crippen LogP) is 11.7. The second-order valence-electron chi connectivity index (χ2n) is 12.2. The summed E-state index contributed by atoms with van der Waals surface area (Å²) in [4.78, 5) is 0. The summed E-state index contributed by atoms with van der Waals surface area (Å²) >= 11 is 1.86. The summed E-state index contributed by atoms with van der Waals surface area (Å²) in [5, 5.41) is 5.14. The molecule has 6 rings (SSSR count). The molecule has 2 aromatic heterocycles. The minimum absolute atomic E-state index is 0.500. The number of hydrogen-bond donors (Lipinski definition) is 0. The lowest BCUT2D eigenvalue weighted by Gasteiger charge is -2.05. The Hall–Kier alpha value is -3.10. The van der Waals surface area contributed by atoms with Gasteiger partial charge in [-0.1, -0.05) is 128 Å². The lowest BCUT2D eigenvalue weighted by molar-refractivity contribution is 0.469. The van der Waals surface area contributed by atoms with Gasteiger partial charge in [0, 0.05) is 30.9 Å². The number of rotatable bonds is 0. The molecule has 36 heavy (non-hydrogen) atoms. The number of fused-ring (bicyclic) bond motifs is 6. The van der Waals surface area contributed by atoms with E-state index in [-0.39, 0.29) is 0 Å². The van der Waals surface area contributed by atoms with E-state index >= 15 is 0 Å². The number of para-hydroxylation sites is 2. The van der Waals surface area contributed by atoms with Gasteiger partial charge >= 0.3 is 0 Å². The van der Waals surface area contributed by atoms with Gasteiger partial charge in [0.2, 0.25) is 0 Å². The molecule has 6 aromatic rings. The van der Waals surface area contributed by atoms with Crippen molar-refractivity contribution in [3.8, 4) is 0 Å². The molecule has 4 aromatic carbocycles. The van der Waals surface area contributed by atoms with Crippen molar-refractivity contribution in [1.29, 1.82) is 0 Å². The van der Waals surface area contributed by atoms with Crippen molar-refractivity contribution in [2.75, 3.05) is 0 Å². The number of furan rings is 1. The van der Waals surface area contributed by atoms with E-state index in [9.17, 15) is 0 Å². The van der Waals surface area contributed by atoms with Crippen LogP contribution in [0, 0.1) is 10.8 Å². The zero-order valence-electron chi connectivity index (χ0n) is 23.1. The third-order valence-corrected chi connectivity index (χ3v) is 5.72. The largest absolute Gasteiger partial charge is 0.456 e. The summed E-state index contributed by atoms with van der Waals surface area (Å²) in [6, 6.07) is 33.3. The molecule has 2 heterocycles. The lowest BCUT2D eigenvalue weighted by atomic mass is 10.0. The van der Waals surface area contributed by atoms with Gasteiger partial charge in [0.1, 0.15) is 11.2 Å². The first-order valence-corrected chi connectivity index (χ1v) is 13.4. The summed E-state index contributed by atoms with van der Waals surface area (Å²) in [6.07, 6.45) is 0. The fourth-order valence-corrected chi connectivity index (χ4v) is 4.46. The van der Waals surface area contributed by atoms with Crippen molar-refractivity contribution in [3.63, 3.8) is 0 Å². The van der Waals surface area contributed by atoms with Gasteiger partial charge in [0.15, 0.2) is 0 Å². The highest BCUT2D eigenvalue weighted by Gasteiger charge is 2.03. The van der Waals surface area contributed by atoms with E-state index in [1.54, 1.807) is 0 Å². The van der Waals surface area contributed by atoms with Crippen LogP contribution in [0.25, 0.3) is 42.1 Å². The van der Waals surface area contributed by atoms with E-state index in [1.165, 1.54) is 30.9 Å². The highest BCUT2D eigenvalue weighted by Crippen LogP contribution is 2.33. The maximum Gasteiger partial charge on any atom is 0.135 e. The molecular formula is C34H40OS. The van der Waals surface area contributed by atoms with Crippen LogP contribution in [-0.4, -0.2) is 0 Å². The Morgan fingerprint density at radius 2 is 0.694 bits per heavy atom. The van der Waals surface area contributed by atoms with Crippen molar-refractivity contribution >= 4 is 53.4 Å². The van der Waals surface area contributed by atoms with Crippen LogP contribution < -0.4 is 0 Å². The summed E-state index contributed by atoms with van der Waals surface area (Å²) in [7, 11) is 0. The Labute approximate surface area is 220 Å². The molecule has 0 radical (unpaired) electrons. The topological polar surface area (TPSA) is 13.1 Å². The van der Waals surface area contributed by atoms with E-state index in [1.807, 2.05) is 47.7 Å². The quantitative estimate of drug-likeness (QED) is 0.204. The first kappa shape index (κ1) is 27.5. The predicted molar refractivity (Wildman–Crippen MR) is 163 cm³/mol. The molecule has 2 heteroatoms. The average Bonchev–Trinajstić information content (AvgIpc) is 3.36. The maximum atomic E-state index is 5.65. The molecule has 0 unspecified atom stereocenters. The molecule has 0 spiro atoms. The second kappa shape index (κ2) is 11.8. The van der Waals surface area contributed by atoms with E-state index in [4.69, 9.17) is 4.42 Å². The van der Waals surface area contributed by atoms with Gasteiger partial charge in [0.05, 0.1) is 0 Å². The Morgan fingerprint density at radius 1 is 0.417 bits per heavy atom. The van der Waals surface area contributed by atoms with Crippen LogP contribution in [-0.2, 0) is 0 Å². The summed E-state index contributed by atoms with van der Waals surface area (Å²) in [5.41, 5.74) is 2.92. The SMILES string of the molecule is CC(C)(C)C.CC(C)(C)C.c1ccc2c(c1)oc1ccccc12.c1ccc2c(c1)sc1ccccc12. The number of benzene rings is 4. The second-order valence-corrected chi connectivity index (χ2v) is 13.3. The minimum Gasteiger partial charge on any atom is -0.456 e. The van der Waals surface area contributed by atoms with Crippen LogP contribution >= 0.6 is 11.3 Å². The van der Waals surface area contributed by atoms with Crippen LogP contribution in [0.3, 0.4) is 0 Å². The van der Waals surface area contributed by atoms with Gasteiger partial charge in [-0.2, -0.15) is 0 Å². The van der Waals surface area contributed by atoms with Crippen molar-refractivity contribution in [2.24, 2.45) is 10.8 Å². The summed E-state index contributed by atoms with van der Waals surface area (Å²) in [5.74, 6) is 0.